The number of nitriles is 1. The number of hydrogen-bond donors (Lipinski definition) is 2. The lowest BCUT2D eigenvalue weighted by molar-refractivity contribution is 0.0351. The molecule has 2 aromatic carbocycles. The van der Waals surface area contributed by atoms with Crippen LogP contribution < -0.4 is 10.2 Å². The number of anilines is 3. The first-order valence-electron chi connectivity index (χ1n) is 9.57. The predicted octanol–water partition coefficient (Wildman–Crippen LogP) is 3.51. The number of rotatable bonds is 4. The standard InChI is InChI=1S/C22H22N6O/c1-22(29)10-12-28(13-11-22)18-8-6-17(7-9-18)26-21-25-15-24-20(27-21)19-5-3-2-4-16(19)14-23/h2-9,15,29H,10-13H2,1H3,(H,24,25,26,27). The molecule has 7 nitrogen and oxygen atoms in total. The maximum absolute atomic E-state index is 10.1. The van der Waals surface area contributed by atoms with E-state index in [0.29, 0.717) is 22.9 Å². The normalized spacial score (nSPS) is 15.6. The van der Waals surface area contributed by atoms with Crippen molar-refractivity contribution in [3.63, 3.8) is 0 Å². The highest BCUT2D eigenvalue weighted by molar-refractivity contribution is 5.66. The van der Waals surface area contributed by atoms with Crippen LogP contribution >= 0.6 is 0 Å². The van der Waals surface area contributed by atoms with Crippen LogP contribution in [0.1, 0.15) is 25.3 Å². The number of nitrogens with zero attached hydrogens (tertiary/aromatic N) is 5. The third-order valence-corrected chi connectivity index (χ3v) is 5.19. The molecule has 0 amide bonds. The number of aromatic nitrogens is 3. The minimum Gasteiger partial charge on any atom is -0.390 e. The summed E-state index contributed by atoms with van der Waals surface area (Å²) in [7, 11) is 0. The van der Waals surface area contributed by atoms with Crippen LogP contribution in [-0.4, -0.2) is 38.7 Å². The molecule has 3 aromatic rings. The summed E-state index contributed by atoms with van der Waals surface area (Å²) in [6.07, 6.45) is 2.97. The monoisotopic (exact) mass is 386 g/mol. The Labute approximate surface area is 169 Å². The second kappa shape index (κ2) is 7.86. The first kappa shape index (κ1) is 18.8. The van der Waals surface area contributed by atoms with Gasteiger partial charge in [-0.1, -0.05) is 12.1 Å². The minimum absolute atomic E-state index is 0.421. The zero-order valence-electron chi connectivity index (χ0n) is 16.2. The van der Waals surface area contributed by atoms with Crippen molar-refractivity contribution in [3.8, 4) is 17.5 Å². The van der Waals surface area contributed by atoms with Gasteiger partial charge in [0.2, 0.25) is 5.95 Å². The van der Waals surface area contributed by atoms with Gasteiger partial charge in [-0.15, -0.1) is 0 Å². The van der Waals surface area contributed by atoms with Gasteiger partial charge in [0.15, 0.2) is 5.82 Å². The fourth-order valence-electron chi connectivity index (χ4n) is 3.39. The van der Waals surface area contributed by atoms with Crippen molar-refractivity contribution in [3.05, 3.63) is 60.4 Å². The molecule has 0 bridgehead atoms. The van der Waals surface area contributed by atoms with Gasteiger partial charge in [-0.2, -0.15) is 10.2 Å². The summed E-state index contributed by atoms with van der Waals surface area (Å²) in [5.74, 6) is 0.876. The molecule has 0 radical (unpaired) electrons. The highest BCUT2D eigenvalue weighted by atomic mass is 16.3. The molecule has 146 valence electrons. The molecule has 1 aromatic heterocycles. The summed E-state index contributed by atoms with van der Waals surface area (Å²) >= 11 is 0. The summed E-state index contributed by atoms with van der Waals surface area (Å²) in [6, 6.07) is 17.5. The molecule has 1 saturated heterocycles. The zero-order chi connectivity index (χ0) is 20.3. The van der Waals surface area contributed by atoms with E-state index in [4.69, 9.17) is 0 Å². The lowest BCUT2D eigenvalue weighted by atomic mass is 9.93. The van der Waals surface area contributed by atoms with Gasteiger partial charge in [-0.3, -0.25) is 0 Å². The van der Waals surface area contributed by atoms with E-state index in [0.717, 1.165) is 37.3 Å². The molecule has 0 saturated carbocycles. The van der Waals surface area contributed by atoms with Gasteiger partial charge >= 0.3 is 0 Å². The molecule has 1 aliphatic rings. The van der Waals surface area contributed by atoms with Gasteiger partial charge in [-0.05, 0) is 56.2 Å². The van der Waals surface area contributed by atoms with E-state index in [1.807, 2.05) is 37.3 Å². The smallest absolute Gasteiger partial charge is 0.230 e. The van der Waals surface area contributed by atoms with Crippen LogP contribution in [0.15, 0.2) is 54.9 Å². The Morgan fingerprint density at radius 2 is 1.79 bits per heavy atom. The van der Waals surface area contributed by atoms with Gasteiger partial charge in [0.05, 0.1) is 17.2 Å². The first-order valence-corrected chi connectivity index (χ1v) is 9.57. The number of hydrogen-bond acceptors (Lipinski definition) is 7. The predicted molar refractivity (Wildman–Crippen MR) is 112 cm³/mol. The maximum atomic E-state index is 10.1. The van der Waals surface area contributed by atoms with Crippen LogP contribution in [0.2, 0.25) is 0 Å². The van der Waals surface area contributed by atoms with Crippen molar-refractivity contribution in [2.45, 2.75) is 25.4 Å². The Balaban J connectivity index is 1.48. The SMILES string of the molecule is CC1(O)CCN(c2ccc(Nc3ncnc(-c4ccccc4C#N)n3)cc2)CC1. The molecule has 1 fully saturated rings. The molecule has 4 rings (SSSR count). The Kier molecular flexibility index (Phi) is 5.10. The summed E-state index contributed by atoms with van der Waals surface area (Å²) in [6.45, 7) is 3.58. The van der Waals surface area contributed by atoms with Crippen molar-refractivity contribution >= 4 is 17.3 Å². The maximum Gasteiger partial charge on any atom is 0.230 e. The molecule has 1 aliphatic heterocycles. The Morgan fingerprint density at radius 3 is 2.52 bits per heavy atom. The largest absolute Gasteiger partial charge is 0.390 e. The van der Waals surface area contributed by atoms with Crippen molar-refractivity contribution in [2.75, 3.05) is 23.3 Å². The quantitative estimate of drug-likeness (QED) is 0.708. The van der Waals surface area contributed by atoms with Gasteiger partial charge < -0.3 is 15.3 Å². The lowest BCUT2D eigenvalue weighted by Crippen LogP contribution is -2.42. The number of nitrogens with one attached hydrogen (secondary N) is 1. The Morgan fingerprint density at radius 1 is 1.07 bits per heavy atom. The van der Waals surface area contributed by atoms with E-state index in [9.17, 15) is 10.4 Å². The fourth-order valence-corrected chi connectivity index (χ4v) is 3.39. The summed E-state index contributed by atoms with van der Waals surface area (Å²) < 4.78 is 0. The molecule has 0 unspecified atom stereocenters. The number of piperidine rings is 1. The van der Waals surface area contributed by atoms with E-state index in [1.54, 1.807) is 6.07 Å². The van der Waals surface area contributed by atoms with Crippen LogP contribution in [-0.2, 0) is 0 Å². The molecule has 0 aliphatic carbocycles. The van der Waals surface area contributed by atoms with Crippen LogP contribution in [0.25, 0.3) is 11.4 Å². The second-order valence-corrected chi connectivity index (χ2v) is 7.45. The first-order chi connectivity index (χ1) is 14.0. The fraction of sp³-hybridized carbons (Fsp3) is 0.273. The number of aliphatic hydroxyl groups is 1. The van der Waals surface area contributed by atoms with E-state index in [2.05, 4.69) is 43.4 Å². The lowest BCUT2D eigenvalue weighted by Gasteiger charge is -2.37. The van der Waals surface area contributed by atoms with Crippen LogP contribution in [0.5, 0.6) is 0 Å². The van der Waals surface area contributed by atoms with E-state index in [-0.39, 0.29) is 0 Å². The third-order valence-electron chi connectivity index (χ3n) is 5.19. The van der Waals surface area contributed by atoms with Crippen LogP contribution in [0.3, 0.4) is 0 Å². The van der Waals surface area contributed by atoms with E-state index < -0.39 is 5.60 Å². The topological polar surface area (TPSA) is 98.0 Å². The molecule has 29 heavy (non-hydrogen) atoms. The second-order valence-electron chi connectivity index (χ2n) is 7.45. The van der Waals surface area contributed by atoms with Crippen LogP contribution in [0.4, 0.5) is 17.3 Å². The average molecular weight is 386 g/mol. The third kappa shape index (κ3) is 4.33. The van der Waals surface area contributed by atoms with Gasteiger partial charge in [-0.25, -0.2) is 9.97 Å². The molecule has 7 heteroatoms. The summed E-state index contributed by atoms with van der Waals surface area (Å²) in [4.78, 5) is 15.1. The molecule has 0 atom stereocenters. The molecular weight excluding hydrogens is 364 g/mol. The number of benzene rings is 2. The van der Waals surface area contributed by atoms with E-state index in [1.165, 1.54) is 6.33 Å². The molecule has 2 N–H and O–H groups in total. The van der Waals surface area contributed by atoms with Crippen molar-refractivity contribution in [1.29, 1.82) is 5.26 Å². The Hall–Kier alpha value is -3.50. The van der Waals surface area contributed by atoms with Gasteiger partial charge in [0.25, 0.3) is 0 Å². The summed E-state index contributed by atoms with van der Waals surface area (Å²) in [5, 5.41) is 22.6. The van der Waals surface area contributed by atoms with Crippen molar-refractivity contribution in [2.24, 2.45) is 0 Å². The van der Waals surface area contributed by atoms with Crippen LogP contribution in [0, 0.1) is 11.3 Å². The van der Waals surface area contributed by atoms with Gasteiger partial charge in [0, 0.05) is 30.0 Å². The minimum atomic E-state index is -0.557. The molecular formula is C22H22N6O. The van der Waals surface area contributed by atoms with Crippen molar-refractivity contribution in [1.82, 2.24) is 15.0 Å². The van der Waals surface area contributed by atoms with Gasteiger partial charge in [0.1, 0.15) is 6.33 Å². The molecule has 0 spiro atoms. The Bertz CT molecular complexity index is 1030. The molecule has 2 heterocycles. The summed E-state index contributed by atoms with van der Waals surface area (Å²) in [5.41, 5.74) is 2.64. The van der Waals surface area contributed by atoms with Crippen molar-refractivity contribution < 1.29 is 5.11 Å². The van der Waals surface area contributed by atoms with E-state index >= 15 is 0 Å². The average Bonchev–Trinajstić information content (AvgIpc) is 2.75. The highest BCUT2D eigenvalue weighted by Crippen LogP contribution is 2.27. The zero-order valence-corrected chi connectivity index (χ0v) is 16.2. The highest BCUT2D eigenvalue weighted by Gasteiger charge is 2.27.